The Hall–Kier alpha value is -2.34. The third kappa shape index (κ3) is 4.14. The van der Waals surface area contributed by atoms with E-state index in [1.807, 2.05) is 57.0 Å². The van der Waals surface area contributed by atoms with E-state index in [1.165, 1.54) is 0 Å². The number of aliphatic hydroxyl groups is 1. The van der Waals surface area contributed by atoms with E-state index in [4.69, 9.17) is 5.11 Å². The second kappa shape index (κ2) is 7.97. The van der Waals surface area contributed by atoms with Crippen LogP contribution in [0, 0.1) is 0 Å². The van der Waals surface area contributed by atoms with E-state index < -0.39 is 0 Å². The number of likely N-dealkylation sites (N-methyl/N-ethyl adjacent to an activating group) is 1. The second-order valence-electron chi connectivity index (χ2n) is 6.08. The van der Waals surface area contributed by atoms with Gasteiger partial charge in [-0.2, -0.15) is 5.10 Å². The molecule has 0 saturated heterocycles. The van der Waals surface area contributed by atoms with Crippen LogP contribution in [0.1, 0.15) is 42.7 Å². The normalized spacial score (nSPS) is 10.9. The number of carbonyl (C=O) groups is 1. The summed E-state index contributed by atoms with van der Waals surface area (Å²) in [5.41, 5.74) is 3.16. The summed E-state index contributed by atoms with van der Waals surface area (Å²) in [7, 11) is 1.91. The fourth-order valence-corrected chi connectivity index (χ4v) is 2.48. The van der Waals surface area contributed by atoms with Crippen molar-refractivity contribution in [2.24, 2.45) is 0 Å². The van der Waals surface area contributed by atoms with E-state index in [0.717, 1.165) is 23.6 Å². The summed E-state index contributed by atoms with van der Waals surface area (Å²) >= 11 is 0. The molecule has 0 saturated carbocycles. The van der Waals surface area contributed by atoms with Crippen molar-refractivity contribution < 1.29 is 9.90 Å². The molecule has 1 amide bonds. The molecule has 0 aliphatic heterocycles. The number of rotatable bonds is 7. The molecule has 0 atom stereocenters. The lowest BCUT2D eigenvalue weighted by Crippen LogP contribution is -2.21. The van der Waals surface area contributed by atoms with Gasteiger partial charge in [0, 0.05) is 37.7 Å². The number of amides is 1. The van der Waals surface area contributed by atoms with Crippen LogP contribution < -0.4 is 10.2 Å². The van der Waals surface area contributed by atoms with E-state index in [-0.39, 0.29) is 18.4 Å². The van der Waals surface area contributed by atoms with Crippen LogP contribution in [0.3, 0.4) is 0 Å². The fourth-order valence-electron chi connectivity index (χ4n) is 2.48. The molecule has 0 aliphatic rings. The summed E-state index contributed by atoms with van der Waals surface area (Å²) in [5.74, 6) is 0.0444. The number of nitrogens with one attached hydrogen (secondary N) is 1. The highest BCUT2D eigenvalue weighted by Crippen LogP contribution is 2.21. The maximum Gasteiger partial charge on any atom is 0.259 e. The van der Waals surface area contributed by atoms with Gasteiger partial charge in [0.2, 0.25) is 0 Å². The molecule has 1 aromatic carbocycles. The van der Waals surface area contributed by atoms with Crippen LogP contribution in [0.15, 0.2) is 30.5 Å². The van der Waals surface area contributed by atoms with Gasteiger partial charge in [-0.15, -0.1) is 0 Å². The predicted octanol–water partition coefficient (Wildman–Crippen LogP) is 2.71. The van der Waals surface area contributed by atoms with Gasteiger partial charge in [0.05, 0.1) is 17.9 Å². The van der Waals surface area contributed by atoms with Crippen molar-refractivity contribution in [1.82, 2.24) is 9.78 Å². The first-order chi connectivity index (χ1) is 11.5. The lowest BCUT2D eigenvalue weighted by molar-refractivity contribution is 0.102. The number of aromatic nitrogens is 2. The Kier molecular flexibility index (Phi) is 5.98. The Morgan fingerprint density at radius 3 is 2.54 bits per heavy atom. The molecule has 130 valence electrons. The van der Waals surface area contributed by atoms with Gasteiger partial charge in [-0.1, -0.05) is 13.8 Å². The molecule has 0 unspecified atom stereocenters. The molecule has 1 heterocycles. The molecule has 2 N–H and O–H groups in total. The summed E-state index contributed by atoms with van der Waals surface area (Å²) in [6, 6.07) is 7.56. The second-order valence-corrected chi connectivity index (χ2v) is 6.08. The summed E-state index contributed by atoms with van der Waals surface area (Å²) in [6.07, 6.45) is 1.80. The van der Waals surface area contributed by atoms with E-state index in [1.54, 1.807) is 10.9 Å². The number of carbonyl (C=O) groups excluding carboxylic acids is 1. The van der Waals surface area contributed by atoms with Gasteiger partial charge < -0.3 is 15.3 Å². The number of aliphatic hydroxyl groups excluding tert-OH is 1. The zero-order chi connectivity index (χ0) is 17.7. The molecule has 1 aromatic heterocycles. The standard InChI is InChI=1S/C18H26N4O2/c1-5-22-12-16(17(20-22)13(2)3)18(24)19-14-6-8-15(9-7-14)21(4)10-11-23/h6-9,12-13,23H,5,10-11H2,1-4H3,(H,19,24). The molecule has 6 heteroatoms. The molecule has 0 aliphatic carbocycles. The first-order valence-corrected chi connectivity index (χ1v) is 8.27. The van der Waals surface area contributed by atoms with Crippen LogP contribution in [0.25, 0.3) is 0 Å². The van der Waals surface area contributed by atoms with Gasteiger partial charge in [0.25, 0.3) is 5.91 Å². The van der Waals surface area contributed by atoms with Crippen molar-refractivity contribution in [3.05, 3.63) is 41.7 Å². The highest BCUT2D eigenvalue weighted by atomic mass is 16.3. The minimum atomic E-state index is -0.144. The van der Waals surface area contributed by atoms with Gasteiger partial charge in [0.15, 0.2) is 0 Å². The number of hydrogen-bond donors (Lipinski definition) is 2. The van der Waals surface area contributed by atoms with E-state index >= 15 is 0 Å². The average Bonchev–Trinajstić information content (AvgIpc) is 3.00. The topological polar surface area (TPSA) is 70.4 Å². The smallest absolute Gasteiger partial charge is 0.259 e. The first-order valence-electron chi connectivity index (χ1n) is 8.27. The fraction of sp³-hybridized carbons (Fsp3) is 0.444. The van der Waals surface area contributed by atoms with Crippen molar-refractivity contribution in [3.8, 4) is 0 Å². The van der Waals surface area contributed by atoms with Gasteiger partial charge >= 0.3 is 0 Å². The van der Waals surface area contributed by atoms with E-state index in [2.05, 4.69) is 10.4 Å². The molecule has 2 rings (SSSR count). The predicted molar refractivity (Wildman–Crippen MR) is 96.7 cm³/mol. The van der Waals surface area contributed by atoms with Crippen LogP contribution >= 0.6 is 0 Å². The highest BCUT2D eigenvalue weighted by molar-refractivity contribution is 6.05. The summed E-state index contributed by atoms with van der Waals surface area (Å²) in [5, 5.41) is 16.4. The number of hydrogen-bond acceptors (Lipinski definition) is 4. The molecule has 2 aromatic rings. The number of aryl methyl sites for hydroxylation is 1. The Morgan fingerprint density at radius 1 is 1.33 bits per heavy atom. The van der Waals surface area contributed by atoms with Crippen molar-refractivity contribution in [1.29, 1.82) is 0 Å². The van der Waals surface area contributed by atoms with Gasteiger partial charge in [-0.05, 0) is 37.1 Å². The maximum atomic E-state index is 12.6. The minimum Gasteiger partial charge on any atom is -0.395 e. The van der Waals surface area contributed by atoms with Gasteiger partial charge in [-0.3, -0.25) is 9.48 Å². The maximum absolute atomic E-state index is 12.6. The Bertz CT molecular complexity index is 677. The molecule has 0 spiro atoms. The van der Waals surface area contributed by atoms with Crippen LogP contribution in [0.2, 0.25) is 0 Å². The number of anilines is 2. The van der Waals surface area contributed by atoms with Gasteiger partial charge in [0.1, 0.15) is 0 Å². The Morgan fingerprint density at radius 2 is 2.00 bits per heavy atom. The lowest BCUT2D eigenvalue weighted by Gasteiger charge is -2.18. The molecule has 24 heavy (non-hydrogen) atoms. The van der Waals surface area contributed by atoms with Crippen molar-refractivity contribution in [2.75, 3.05) is 30.4 Å². The molecule has 6 nitrogen and oxygen atoms in total. The average molecular weight is 330 g/mol. The van der Waals surface area contributed by atoms with Crippen molar-refractivity contribution in [2.45, 2.75) is 33.2 Å². The molecular formula is C18H26N4O2. The molecule has 0 radical (unpaired) electrons. The lowest BCUT2D eigenvalue weighted by atomic mass is 10.1. The zero-order valence-electron chi connectivity index (χ0n) is 14.8. The van der Waals surface area contributed by atoms with E-state index in [0.29, 0.717) is 12.1 Å². The van der Waals surface area contributed by atoms with Crippen molar-refractivity contribution >= 4 is 17.3 Å². The highest BCUT2D eigenvalue weighted by Gasteiger charge is 2.18. The summed E-state index contributed by atoms with van der Waals surface area (Å²) in [6.45, 7) is 7.48. The Labute approximate surface area is 143 Å². The summed E-state index contributed by atoms with van der Waals surface area (Å²) in [4.78, 5) is 14.5. The van der Waals surface area contributed by atoms with Gasteiger partial charge in [-0.25, -0.2) is 0 Å². The van der Waals surface area contributed by atoms with Crippen LogP contribution in [-0.2, 0) is 6.54 Å². The SMILES string of the molecule is CCn1cc(C(=O)Nc2ccc(N(C)CCO)cc2)c(C(C)C)n1. The number of benzene rings is 1. The monoisotopic (exact) mass is 330 g/mol. The minimum absolute atomic E-state index is 0.106. The molecule has 0 fully saturated rings. The van der Waals surface area contributed by atoms with Crippen molar-refractivity contribution in [3.63, 3.8) is 0 Å². The number of nitrogens with zero attached hydrogens (tertiary/aromatic N) is 3. The third-order valence-corrected chi connectivity index (χ3v) is 3.91. The zero-order valence-corrected chi connectivity index (χ0v) is 14.8. The van der Waals surface area contributed by atoms with Crippen LogP contribution in [-0.4, -0.2) is 41.0 Å². The molecular weight excluding hydrogens is 304 g/mol. The first kappa shape index (κ1) is 18.0. The van der Waals surface area contributed by atoms with Crippen LogP contribution in [0.4, 0.5) is 11.4 Å². The Balaban J connectivity index is 2.13. The van der Waals surface area contributed by atoms with E-state index in [9.17, 15) is 4.79 Å². The molecule has 0 bridgehead atoms. The third-order valence-electron chi connectivity index (χ3n) is 3.91. The summed E-state index contributed by atoms with van der Waals surface area (Å²) < 4.78 is 1.79. The largest absolute Gasteiger partial charge is 0.395 e. The van der Waals surface area contributed by atoms with Crippen LogP contribution in [0.5, 0.6) is 0 Å². The quantitative estimate of drug-likeness (QED) is 0.819.